The van der Waals surface area contributed by atoms with Gasteiger partial charge in [-0.25, -0.2) is 9.97 Å². The lowest BCUT2D eigenvalue weighted by atomic mass is 10.3. The third kappa shape index (κ3) is 1.62. The van der Waals surface area contributed by atoms with Crippen molar-refractivity contribution in [2.24, 2.45) is 0 Å². The van der Waals surface area contributed by atoms with Crippen LogP contribution in [-0.2, 0) is 4.74 Å². The summed E-state index contributed by atoms with van der Waals surface area (Å²) in [6.45, 7) is 1.40. The third-order valence-electron chi connectivity index (χ3n) is 1.51. The molecule has 1 saturated heterocycles. The number of anilines is 1. The number of hydrogen-bond donors (Lipinski definition) is 1. The molecule has 2 rings (SSSR count). The minimum absolute atomic E-state index is 0.202. The first-order chi connectivity index (χ1) is 5.84. The zero-order valence-electron chi connectivity index (χ0n) is 6.20. The molecule has 1 aliphatic rings. The van der Waals surface area contributed by atoms with Crippen molar-refractivity contribution in [2.75, 3.05) is 18.5 Å². The van der Waals surface area contributed by atoms with E-state index in [0.717, 1.165) is 0 Å². The van der Waals surface area contributed by atoms with Crippen LogP contribution >= 0.6 is 11.6 Å². The standard InChI is InChI=1S/C6H7ClN4O/c7-5-8-3-9-6(11-5)10-4-1-12-2-4/h3-4H,1-2H2,(H,8,9,10,11). The largest absolute Gasteiger partial charge is 0.377 e. The van der Waals surface area contributed by atoms with Crippen LogP contribution in [0.25, 0.3) is 0 Å². The Kier molecular flexibility index (Phi) is 2.05. The summed E-state index contributed by atoms with van der Waals surface area (Å²) in [6, 6.07) is 0.309. The van der Waals surface area contributed by atoms with E-state index in [4.69, 9.17) is 16.3 Å². The van der Waals surface area contributed by atoms with Crippen molar-refractivity contribution >= 4 is 17.5 Å². The molecule has 1 aromatic heterocycles. The molecule has 0 amide bonds. The highest BCUT2D eigenvalue weighted by atomic mass is 35.5. The highest BCUT2D eigenvalue weighted by molar-refractivity contribution is 6.28. The Hall–Kier alpha value is -0.940. The number of rotatable bonds is 2. The lowest BCUT2D eigenvalue weighted by Gasteiger charge is -2.26. The molecule has 0 spiro atoms. The van der Waals surface area contributed by atoms with Crippen molar-refractivity contribution in [3.8, 4) is 0 Å². The summed E-state index contributed by atoms with van der Waals surface area (Å²) < 4.78 is 4.97. The summed E-state index contributed by atoms with van der Waals surface area (Å²) in [4.78, 5) is 11.4. The fourth-order valence-electron chi connectivity index (χ4n) is 0.847. The predicted octanol–water partition coefficient (Wildman–Crippen LogP) is 0.336. The maximum Gasteiger partial charge on any atom is 0.227 e. The van der Waals surface area contributed by atoms with Crippen molar-refractivity contribution in [1.82, 2.24) is 15.0 Å². The molecule has 1 aromatic rings. The summed E-state index contributed by atoms with van der Waals surface area (Å²) in [5.41, 5.74) is 0. The zero-order chi connectivity index (χ0) is 8.39. The Morgan fingerprint density at radius 3 is 2.92 bits per heavy atom. The number of halogens is 1. The molecule has 12 heavy (non-hydrogen) atoms. The number of nitrogens with one attached hydrogen (secondary N) is 1. The number of ether oxygens (including phenoxy) is 1. The van der Waals surface area contributed by atoms with Crippen LogP contribution in [0.1, 0.15) is 0 Å². The van der Waals surface area contributed by atoms with E-state index in [1.54, 1.807) is 0 Å². The molecule has 5 nitrogen and oxygen atoms in total. The zero-order valence-corrected chi connectivity index (χ0v) is 6.95. The van der Waals surface area contributed by atoms with Gasteiger partial charge in [-0.3, -0.25) is 0 Å². The number of aromatic nitrogens is 3. The van der Waals surface area contributed by atoms with Crippen LogP contribution < -0.4 is 5.32 Å². The molecule has 0 bridgehead atoms. The summed E-state index contributed by atoms with van der Waals surface area (Å²) in [5.74, 6) is 0.503. The summed E-state index contributed by atoms with van der Waals surface area (Å²) >= 11 is 5.56. The lowest BCUT2D eigenvalue weighted by molar-refractivity contribution is 0.0208. The van der Waals surface area contributed by atoms with Crippen molar-refractivity contribution in [1.29, 1.82) is 0 Å². The Balaban J connectivity index is 2.02. The van der Waals surface area contributed by atoms with Gasteiger partial charge in [0.1, 0.15) is 6.33 Å². The molecule has 0 atom stereocenters. The van der Waals surface area contributed by atoms with E-state index in [2.05, 4.69) is 20.3 Å². The van der Waals surface area contributed by atoms with Gasteiger partial charge in [0.05, 0.1) is 19.3 Å². The molecule has 0 aliphatic carbocycles. The molecule has 0 saturated carbocycles. The number of nitrogens with zero attached hydrogens (tertiary/aromatic N) is 3. The van der Waals surface area contributed by atoms with E-state index in [0.29, 0.717) is 25.2 Å². The van der Waals surface area contributed by atoms with Crippen molar-refractivity contribution < 1.29 is 4.74 Å². The van der Waals surface area contributed by atoms with Crippen LogP contribution in [0.3, 0.4) is 0 Å². The molecule has 6 heteroatoms. The SMILES string of the molecule is Clc1ncnc(NC2COC2)n1. The van der Waals surface area contributed by atoms with Gasteiger partial charge >= 0.3 is 0 Å². The number of hydrogen-bond acceptors (Lipinski definition) is 5. The second-order valence-corrected chi connectivity index (χ2v) is 2.79. The van der Waals surface area contributed by atoms with Gasteiger partial charge in [-0.05, 0) is 11.6 Å². The molecule has 1 aliphatic heterocycles. The Morgan fingerprint density at radius 2 is 2.33 bits per heavy atom. The van der Waals surface area contributed by atoms with Crippen molar-refractivity contribution in [3.05, 3.63) is 11.6 Å². The van der Waals surface area contributed by atoms with Gasteiger partial charge in [0.25, 0.3) is 0 Å². The van der Waals surface area contributed by atoms with E-state index in [-0.39, 0.29) is 5.28 Å². The lowest BCUT2D eigenvalue weighted by Crippen LogP contribution is -2.40. The van der Waals surface area contributed by atoms with Crippen molar-refractivity contribution in [3.63, 3.8) is 0 Å². The maximum absolute atomic E-state index is 5.56. The van der Waals surface area contributed by atoms with Crippen LogP contribution in [0, 0.1) is 0 Å². The van der Waals surface area contributed by atoms with Gasteiger partial charge in [-0.15, -0.1) is 0 Å². The molecule has 1 N–H and O–H groups in total. The van der Waals surface area contributed by atoms with E-state index < -0.39 is 0 Å². The van der Waals surface area contributed by atoms with E-state index >= 15 is 0 Å². The van der Waals surface area contributed by atoms with Gasteiger partial charge in [0, 0.05) is 0 Å². The molecule has 0 aromatic carbocycles. The summed E-state index contributed by atoms with van der Waals surface area (Å²) in [7, 11) is 0. The molecular formula is C6H7ClN4O. The van der Waals surface area contributed by atoms with Gasteiger partial charge in [-0.1, -0.05) is 0 Å². The van der Waals surface area contributed by atoms with Gasteiger partial charge in [-0.2, -0.15) is 4.98 Å². The Bertz CT molecular complexity index is 278. The topological polar surface area (TPSA) is 59.9 Å². The van der Waals surface area contributed by atoms with Gasteiger partial charge < -0.3 is 10.1 Å². The maximum atomic E-state index is 5.56. The quantitative estimate of drug-likeness (QED) is 0.722. The smallest absolute Gasteiger partial charge is 0.227 e. The van der Waals surface area contributed by atoms with Crippen LogP contribution in [0.2, 0.25) is 5.28 Å². The average Bonchev–Trinajstić information content (AvgIpc) is 1.97. The average molecular weight is 187 g/mol. The molecule has 2 heterocycles. The molecule has 1 fully saturated rings. The summed E-state index contributed by atoms with van der Waals surface area (Å²) in [6.07, 6.45) is 1.37. The first-order valence-corrected chi connectivity index (χ1v) is 3.91. The monoisotopic (exact) mass is 186 g/mol. The van der Waals surface area contributed by atoms with E-state index in [9.17, 15) is 0 Å². The second-order valence-electron chi connectivity index (χ2n) is 2.46. The third-order valence-corrected chi connectivity index (χ3v) is 1.70. The minimum Gasteiger partial charge on any atom is -0.377 e. The highest BCUT2D eigenvalue weighted by Gasteiger charge is 2.18. The van der Waals surface area contributed by atoms with Crippen LogP contribution in [0.4, 0.5) is 5.95 Å². The fraction of sp³-hybridized carbons (Fsp3) is 0.500. The second kappa shape index (κ2) is 3.20. The van der Waals surface area contributed by atoms with E-state index in [1.165, 1.54) is 6.33 Å². The van der Waals surface area contributed by atoms with E-state index in [1.807, 2.05) is 0 Å². The summed E-state index contributed by atoms with van der Waals surface area (Å²) in [5, 5.41) is 3.25. The normalized spacial score (nSPS) is 17.1. The molecule has 0 unspecified atom stereocenters. The van der Waals surface area contributed by atoms with Gasteiger partial charge in [0.2, 0.25) is 11.2 Å². The van der Waals surface area contributed by atoms with Gasteiger partial charge in [0.15, 0.2) is 0 Å². The highest BCUT2D eigenvalue weighted by Crippen LogP contribution is 2.08. The van der Waals surface area contributed by atoms with Crippen molar-refractivity contribution in [2.45, 2.75) is 6.04 Å². The molecular weight excluding hydrogens is 180 g/mol. The fourth-order valence-corrected chi connectivity index (χ4v) is 0.971. The first-order valence-electron chi connectivity index (χ1n) is 3.53. The Morgan fingerprint density at radius 1 is 1.50 bits per heavy atom. The van der Waals surface area contributed by atoms with Crippen LogP contribution in [0.15, 0.2) is 6.33 Å². The van der Waals surface area contributed by atoms with Crippen LogP contribution in [0.5, 0.6) is 0 Å². The molecule has 64 valence electrons. The Labute approximate surface area is 74.1 Å². The van der Waals surface area contributed by atoms with Crippen LogP contribution in [-0.4, -0.2) is 34.2 Å². The predicted molar refractivity (Wildman–Crippen MR) is 43.1 cm³/mol. The first kappa shape index (κ1) is 7.70. The molecule has 0 radical (unpaired) electrons. The minimum atomic E-state index is 0.202.